The molecule has 0 aliphatic carbocycles. The molecule has 0 aliphatic rings. The summed E-state index contributed by atoms with van der Waals surface area (Å²) >= 11 is 1.76. The lowest BCUT2D eigenvalue weighted by atomic mass is 10.3. The highest BCUT2D eigenvalue weighted by molar-refractivity contribution is 7.99. The molecular weight excluding hydrogens is 210 g/mol. The SMILES string of the molecule is CCCCSc1ccc(C(=O)OC)nc1. The largest absolute Gasteiger partial charge is 0.464 e. The normalized spacial score (nSPS) is 10.0. The van der Waals surface area contributed by atoms with Crippen molar-refractivity contribution in [2.24, 2.45) is 0 Å². The third kappa shape index (κ3) is 3.91. The van der Waals surface area contributed by atoms with Crippen LogP contribution in [-0.4, -0.2) is 23.8 Å². The molecular formula is C11H15NO2S. The minimum absolute atomic E-state index is 0.359. The predicted octanol–water partition coefficient (Wildman–Crippen LogP) is 2.76. The summed E-state index contributed by atoms with van der Waals surface area (Å²) in [5.41, 5.74) is 0.359. The van der Waals surface area contributed by atoms with E-state index in [1.165, 1.54) is 20.0 Å². The number of methoxy groups -OCH3 is 1. The number of aromatic nitrogens is 1. The van der Waals surface area contributed by atoms with Gasteiger partial charge >= 0.3 is 5.97 Å². The molecule has 82 valence electrons. The maximum atomic E-state index is 11.1. The summed E-state index contributed by atoms with van der Waals surface area (Å²) < 4.78 is 4.57. The smallest absolute Gasteiger partial charge is 0.356 e. The highest BCUT2D eigenvalue weighted by atomic mass is 32.2. The fraction of sp³-hybridized carbons (Fsp3) is 0.455. The first-order valence-electron chi connectivity index (χ1n) is 4.95. The zero-order valence-corrected chi connectivity index (χ0v) is 9.84. The number of nitrogens with zero attached hydrogens (tertiary/aromatic N) is 1. The van der Waals surface area contributed by atoms with Crippen LogP contribution in [0.4, 0.5) is 0 Å². The quantitative estimate of drug-likeness (QED) is 0.439. The number of carbonyl (C=O) groups is 1. The van der Waals surface area contributed by atoms with E-state index < -0.39 is 0 Å². The van der Waals surface area contributed by atoms with Crippen molar-refractivity contribution in [3.05, 3.63) is 24.0 Å². The van der Waals surface area contributed by atoms with Gasteiger partial charge in [-0.15, -0.1) is 11.8 Å². The first-order valence-corrected chi connectivity index (χ1v) is 5.93. The van der Waals surface area contributed by atoms with Crippen LogP contribution in [0.1, 0.15) is 30.3 Å². The summed E-state index contributed by atoms with van der Waals surface area (Å²) in [5, 5.41) is 0. The molecule has 15 heavy (non-hydrogen) atoms. The second-order valence-corrected chi connectivity index (χ2v) is 4.24. The lowest BCUT2D eigenvalue weighted by Gasteiger charge is -2.01. The topological polar surface area (TPSA) is 39.2 Å². The van der Waals surface area contributed by atoms with Crippen LogP contribution in [0.15, 0.2) is 23.2 Å². The van der Waals surface area contributed by atoms with Gasteiger partial charge in [0.2, 0.25) is 0 Å². The molecule has 0 atom stereocenters. The minimum Gasteiger partial charge on any atom is -0.464 e. The van der Waals surface area contributed by atoms with E-state index in [4.69, 9.17) is 0 Å². The van der Waals surface area contributed by atoms with E-state index in [1.54, 1.807) is 24.0 Å². The van der Waals surface area contributed by atoms with Crippen molar-refractivity contribution in [3.63, 3.8) is 0 Å². The maximum Gasteiger partial charge on any atom is 0.356 e. The molecule has 3 nitrogen and oxygen atoms in total. The summed E-state index contributed by atoms with van der Waals surface area (Å²) in [7, 11) is 1.36. The number of pyridine rings is 1. The van der Waals surface area contributed by atoms with Crippen molar-refractivity contribution in [3.8, 4) is 0 Å². The third-order valence-corrected chi connectivity index (χ3v) is 2.97. The van der Waals surface area contributed by atoms with Gasteiger partial charge in [0, 0.05) is 11.1 Å². The standard InChI is InChI=1S/C11H15NO2S/c1-3-4-7-15-9-5-6-10(12-8-9)11(13)14-2/h5-6,8H,3-4,7H2,1-2H3. The van der Waals surface area contributed by atoms with E-state index in [0.29, 0.717) is 5.69 Å². The Bertz CT molecular complexity index is 311. The molecule has 0 spiro atoms. The van der Waals surface area contributed by atoms with Crippen molar-refractivity contribution in [2.75, 3.05) is 12.9 Å². The number of esters is 1. The third-order valence-electron chi connectivity index (χ3n) is 1.90. The maximum absolute atomic E-state index is 11.1. The van der Waals surface area contributed by atoms with Crippen molar-refractivity contribution < 1.29 is 9.53 Å². The van der Waals surface area contributed by atoms with Gasteiger partial charge in [0.25, 0.3) is 0 Å². The second-order valence-electron chi connectivity index (χ2n) is 3.07. The first kappa shape index (κ1) is 12.0. The van der Waals surface area contributed by atoms with Crippen molar-refractivity contribution in [1.29, 1.82) is 0 Å². The molecule has 0 bridgehead atoms. The summed E-state index contributed by atoms with van der Waals surface area (Å²) in [6, 6.07) is 3.60. The van der Waals surface area contributed by atoms with Gasteiger partial charge in [0.1, 0.15) is 5.69 Å². The lowest BCUT2D eigenvalue weighted by molar-refractivity contribution is 0.0594. The van der Waals surface area contributed by atoms with Gasteiger partial charge in [0.05, 0.1) is 7.11 Å². The predicted molar refractivity (Wildman–Crippen MR) is 61.2 cm³/mol. The fourth-order valence-electron chi connectivity index (χ4n) is 1.03. The number of hydrogen-bond donors (Lipinski definition) is 0. The molecule has 1 aromatic rings. The van der Waals surface area contributed by atoms with Crippen LogP contribution >= 0.6 is 11.8 Å². The van der Waals surface area contributed by atoms with Crippen molar-refractivity contribution in [2.45, 2.75) is 24.7 Å². The summed E-state index contributed by atoms with van der Waals surface area (Å²) in [6.45, 7) is 2.17. The zero-order chi connectivity index (χ0) is 11.1. The number of hydrogen-bond acceptors (Lipinski definition) is 4. The van der Waals surface area contributed by atoms with Gasteiger partial charge in [-0.1, -0.05) is 13.3 Å². The van der Waals surface area contributed by atoms with Crippen LogP contribution in [0.5, 0.6) is 0 Å². The molecule has 1 rings (SSSR count). The molecule has 0 saturated carbocycles. The average molecular weight is 225 g/mol. The summed E-state index contributed by atoms with van der Waals surface area (Å²) in [4.78, 5) is 16.2. The Morgan fingerprint density at radius 2 is 2.33 bits per heavy atom. The van der Waals surface area contributed by atoms with Crippen LogP contribution < -0.4 is 0 Å². The van der Waals surface area contributed by atoms with E-state index in [2.05, 4.69) is 16.6 Å². The van der Waals surface area contributed by atoms with Crippen LogP contribution in [0.25, 0.3) is 0 Å². The van der Waals surface area contributed by atoms with E-state index in [-0.39, 0.29) is 5.97 Å². The van der Waals surface area contributed by atoms with E-state index in [1.807, 2.05) is 6.07 Å². The van der Waals surface area contributed by atoms with Gasteiger partial charge in [-0.05, 0) is 24.3 Å². The van der Waals surface area contributed by atoms with Gasteiger partial charge in [-0.25, -0.2) is 9.78 Å². The lowest BCUT2D eigenvalue weighted by Crippen LogP contribution is -2.03. The molecule has 1 heterocycles. The van der Waals surface area contributed by atoms with Crippen molar-refractivity contribution in [1.82, 2.24) is 4.98 Å². The number of thioether (sulfide) groups is 1. The molecule has 0 N–H and O–H groups in total. The number of rotatable bonds is 5. The number of unbranched alkanes of at least 4 members (excludes halogenated alkanes) is 1. The Kier molecular flexibility index (Phi) is 5.18. The zero-order valence-electron chi connectivity index (χ0n) is 9.03. The van der Waals surface area contributed by atoms with Crippen LogP contribution in [0.2, 0.25) is 0 Å². The highest BCUT2D eigenvalue weighted by Gasteiger charge is 2.05. The highest BCUT2D eigenvalue weighted by Crippen LogP contribution is 2.18. The Hall–Kier alpha value is -1.03. The van der Waals surface area contributed by atoms with Crippen LogP contribution in [0, 0.1) is 0 Å². The summed E-state index contributed by atoms with van der Waals surface area (Å²) in [5.74, 6) is 0.704. The molecule has 0 aliphatic heterocycles. The van der Waals surface area contributed by atoms with E-state index in [0.717, 1.165) is 10.6 Å². The fourth-order valence-corrected chi connectivity index (χ4v) is 1.99. The van der Waals surface area contributed by atoms with Crippen LogP contribution in [0.3, 0.4) is 0 Å². The van der Waals surface area contributed by atoms with Gasteiger partial charge < -0.3 is 4.74 Å². The molecule has 0 unspecified atom stereocenters. The average Bonchev–Trinajstić information content (AvgIpc) is 2.29. The number of carbonyl (C=O) groups excluding carboxylic acids is 1. The Balaban J connectivity index is 2.52. The Labute approximate surface area is 94.2 Å². The van der Waals surface area contributed by atoms with E-state index in [9.17, 15) is 4.79 Å². The molecule has 0 amide bonds. The Morgan fingerprint density at radius 1 is 1.53 bits per heavy atom. The minimum atomic E-state index is -0.389. The summed E-state index contributed by atoms with van der Waals surface area (Å²) in [6.07, 6.45) is 4.11. The molecule has 1 aromatic heterocycles. The monoisotopic (exact) mass is 225 g/mol. The van der Waals surface area contributed by atoms with E-state index >= 15 is 0 Å². The molecule has 4 heteroatoms. The molecule has 0 saturated heterocycles. The van der Waals surface area contributed by atoms with Gasteiger partial charge in [-0.3, -0.25) is 0 Å². The molecule has 0 radical (unpaired) electrons. The Morgan fingerprint density at radius 3 is 2.87 bits per heavy atom. The number of ether oxygens (including phenoxy) is 1. The van der Waals surface area contributed by atoms with Gasteiger partial charge in [-0.2, -0.15) is 0 Å². The van der Waals surface area contributed by atoms with Crippen molar-refractivity contribution >= 4 is 17.7 Å². The van der Waals surface area contributed by atoms with Crippen LogP contribution in [-0.2, 0) is 4.74 Å². The molecule has 0 aromatic carbocycles. The molecule has 0 fully saturated rings. The van der Waals surface area contributed by atoms with Gasteiger partial charge in [0.15, 0.2) is 0 Å². The first-order chi connectivity index (χ1) is 7.27. The second kappa shape index (κ2) is 6.45.